The van der Waals surface area contributed by atoms with Crippen molar-refractivity contribution in [2.24, 2.45) is 0 Å². The molecule has 0 heterocycles. The van der Waals surface area contributed by atoms with E-state index in [0.717, 1.165) is 11.8 Å². The van der Waals surface area contributed by atoms with Crippen LogP contribution < -0.4 is 10.4 Å². The fraction of sp³-hybridized carbons (Fsp3) is 0.333. The van der Waals surface area contributed by atoms with Crippen molar-refractivity contribution in [1.29, 1.82) is 0 Å². The van der Waals surface area contributed by atoms with E-state index in [1.54, 1.807) is 12.1 Å². The van der Waals surface area contributed by atoms with Gasteiger partial charge in [0, 0.05) is 0 Å². The lowest BCUT2D eigenvalue weighted by Gasteiger charge is -2.05. The first kappa shape index (κ1) is 12.8. The highest BCUT2D eigenvalue weighted by molar-refractivity contribution is 7.50. The molecule has 6 heteroatoms. The molecule has 0 spiro atoms. The summed E-state index contributed by atoms with van der Waals surface area (Å²) in [5.74, 6) is 0. The van der Waals surface area contributed by atoms with E-state index in [0.29, 0.717) is 14.3 Å². The molecule has 1 aromatic carbocycles. The van der Waals surface area contributed by atoms with Gasteiger partial charge in [-0.3, -0.25) is 9.65 Å². The van der Waals surface area contributed by atoms with Crippen molar-refractivity contribution in [1.82, 2.24) is 5.09 Å². The summed E-state index contributed by atoms with van der Waals surface area (Å²) in [6.45, 7) is 2.96. The Labute approximate surface area is 91.1 Å². The average Bonchev–Trinajstić information content (AvgIpc) is 2.14. The van der Waals surface area contributed by atoms with E-state index in [4.69, 9.17) is 9.79 Å². The topological polar surface area (TPSA) is 69.6 Å². The van der Waals surface area contributed by atoms with E-state index < -0.39 is 7.60 Å². The molecular formula is C9H15NO3P2. The highest BCUT2D eigenvalue weighted by Crippen LogP contribution is 2.38. The molecule has 1 unspecified atom stereocenters. The molecule has 1 rings (SSSR count). The van der Waals surface area contributed by atoms with Gasteiger partial charge in [-0.05, 0) is 26.1 Å². The molecule has 84 valence electrons. The Hall–Kier alpha value is -0.240. The van der Waals surface area contributed by atoms with Gasteiger partial charge in [-0.15, -0.1) is 0 Å². The van der Waals surface area contributed by atoms with Crippen LogP contribution in [0.5, 0.6) is 0 Å². The normalized spacial score (nSPS) is 12.5. The van der Waals surface area contributed by atoms with Crippen LogP contribution in [0.3, 0.4) is 0 Å². The van der Waals surface area contributed by atoms with Crippen molar-refractivity contribution >= 4 is 21.6 Å². The largest absolute Gasteiger partial charge is 0.329 e. The van der Waals surface area contributed by atoms with Gasteiger partial charge in [0.05, 0.1) is 6.16 Å². The van der Waals surface area contributed by atoms with Gasteiger partial charge in [0.15, 0.2) is 0 Å². The Morgan fingerprint density at radius 3 is 2.40 bits per heavy atom. The lowest BCUT2D eigenvalue weighted by atomic mass is 10.2. The number of nitrogens with one attached hydrogen (secondary N) is 1. The zero-order chi connectivity index (χ0) is 11.3. The van der Waals surface area contributed by atoms with Crippen LogP contribution in [0.15, 0.2) is 24.3 Å². The smallest absolute Gasteiger partial charge is 0.324 e. The van der Waals surface area contributed by atoms with Gasteiger partial charge in [-0.2, -0.15) is 0 Å². The summed E-state index contributed by atoms with van der Waals surface area (Å²) in [6.07, 6.45) is -0.183. The van der Waals surface area contributed by atoms with Crippen LogP contribution in [0.1, 0.15) is 12.5 Å². The van der Waals surface area contributed by atoms with Crippen molar-refractivity contribution in [2.75, 3.05) is 6.54 Å². The van der Waals surface area contributed by atoms with Crippen molar-refractivity contribution in [3.8, 4) is 0 Å². The van der Waals surface area contributed by atoms with Crippen molar-refractivity contribution in [3.05, 3.63) is 29.8 Å². The molecule has 0 saturated carbocycles. The Morgan fingerprint density at radius 1 is 1.33 bits per heavy atom. The first-order valence-electron chi connectivity index (χ1n) is 4.63. The van der Waals surface area contributed by atoms with Gasteiger partial charge in [-0.25, -0.2) is 0 Å². The summed E-state index contributed by atoms with van der Waals surface area (Å²) in [6, 6.07) is 7.32. The van der Waals surface area contributed by atoms with Gasteiger partial charge < -0.3 is 9.79 Å². The quantitative estimate of drug-likeness (QED) is 0.684. The van der Waals surface area contributed by atoms with Crippen LogP contribution >= 0.6 is 16.3 Å². The lowest BCUT2D eigenvalue weighted by Crippen LogP contribution is -2.06. The summed E-state index contributed by atoms with van der Waals surface area (Å²) in [7, 11) is -3.39. The van der Waals surface area contributed by atoms with E-state index in [-0.39, 0.29) is 6.16 Å². The maximum absolute atomic E-state index is 10.7. The van der Waals surface area contributed by atoms with E-state index in [1.165, 1.54) is 0 Å². The van der Waals surface area contributed by atoms with Crippen LogP contribution in [0.4, 0.5) is 0 Å². The summed E-state index contributed by atoms with van der Waals surface area (Å²) in [4.78, 5) is 17.6. The van der Waals surface area contributed by atoms with Gasteiger partial charge in [0.25, 0.3) is 0 Å². The standard InChI is InChI=1S/C9H15NO3P2/c1-2-10-14-9-5-3-8(4-6-9)7-15(11,12)13/h3-6,10,14H,2,7H2,1H3,(H2,11,12,13). The van der Waals surface area contributed by atoms with E-state index in [2.05, 4.69) is 5.09 Å². The van der Waals surface area contributed by atoms with Gasteiger partial charge >= 0.3 is 7.60 Å². The minimum atomic E-state index is -3.94. The zero-order valence-electron chi connectivity index (χ0n) is 8.47. The number of rotatable bonds is 5. The highest BCUT2D eigenvalue weighted by atomic mass is 31.2. The SMILES string of the molecule is CCNPc1ccc(CP(=O)(O)O)cc1. The first-order chi connectivity index (χ1) is 7.01. The molecule has 0 aromatic heterocycles. The third-order valence-corrected chi connectivity index (χ3v) is 3.68. The van der Waals surface area contributed by atoms with E-state index in [9.17, 15) is 4.57 Å². The Bertz CT molecular complexity index is 347. The minimum Gasteiger partial charge on any atom is -0.324 e. The number of hydrogen-bond acceptors (Lipinski definition) is 2. The summed E-state index contributed by atoms with van der Waals surface area (Å²) >= 11 is 0. The van der Waals surface area contributed by atoms with Crippen LogP contribution in [-0.2, 0) is 10.7 Å². The molecule has 4 nitrogen and oxygen atoms in total. The Kier molecular flexibility index (Phi) is 4.91. The molecule has 0 aliphatic heterocycles. The third-order valence-electron chi connectivity index (χ3n) is 1.75. The molecule has 0 amide bonds. The Balaban J connectivity index is 2.60. The maximum Gasteiger partial charge on any atom is 0.329 e. The molecular weight excluding hydrogens is 232 g/mol. The first-order valence-corrected chi connectivity index (χ1v) is 7.43. The van der Waals surface area contributed by atoms with E-state index >= 15 is 0 Å². The van der Waals surface area contributed by atoms with Crippen LogP contribution in [0.2, 0.25) is 0 Å². The molecule has 0 radical (unpaired) electrons. The predicted molar refractivity (Wildman–Crippen MR) is 63.8 cm³/mol. The molecule has 0 fully saturated rings. The monoisotopic (exact) mass is 247 g/mol. The fourth-order valence-electron chi connectivity index (χ4n) is 1.12. The average molecular weight is 247 g/mol. The van der Waals surface area contributed by atoms with Gasteiger partial charge in [0.2, 0.25) is 0 Å². The van der Waals surface area contributed by atoms with Crippen LogP contribution in [0, 0.1) is 0 Å². The van der Waals surface area contributed by atoms with Gasteiger partial charge in [0.1, 0.15) is 0 Å². The van der Waals surface area contributed by atoms with E-state index in [1.807, 2.05) is 19.1 Å². The summed E-state index contributed by atoms with van der Waals surface area (Å²) < 4.78 is 10.7. The molecule has 0 saturated heterocycles. The summed E-state index contributed by atoms with van der Waals surface area (Å²) in [5, 5.41) is 4.35. The molecule has 15 heavy (non-hydrogen) atoms. The lowest BCUT2D eigenvalue weighted by molar-refractivity contribution is 0.372. The van der Waals surface area contributed by atoms with Crippen molar-refractivity contribution in [2.45, 2.75) is 13.1 Å². The predicted octanol–water partition coefficient (Wildman–Crippen LogP) is 1.19. The molecule has 0 bridgehead atoms. The van der Waals surface area contributed by atoms with Crippen molar-refractivity contribution < 1.29 is 14.4 Å². The third kappa shape index (κ3) is 5.41. The van der Waals surface area contributed by atoms with Gasteiger partial charge in [-0.1, -0.05) is 31.2 Å². The second-order valence-electron chi connectivity index (χ2n) is 3.18. The van der Waals surface area contributed by atoms with Crippen molar-refractivity contribution in [3.63, 3.8) is 0 Å². The molecule has 0 aliphatic carbocycles. The molecule has 3 N–H and O–H groups in total. The Morgan fingerprint density at radius 2 is 1.93 bits per heavy atom. The van der Waals surface area contributed by atoms with Crippen LogP contribution in [-0.4, -0.2) is 16.3 Å². The number of hydrogen-bond donors (Lipinski definition) is 3. The molecule has 0 aliphatic rings. The molecule has 1 aromatic rings. The zero-order valence-corrected chi connectivity index (χ0v) is 10.4. The van der Waals surface area contributed by atoms with Crippen LogP contribution in [0.25, 0.3) is 0 Å². The number of benzene rings is 1. The highest BCUT2D eigenvalue weighted by Gasteiger charge is 2.13. The minimum absolute atomic E-state index is 0.183. The maximum atomic E-state index is 10.7. The molecule has 1 atom stereocenters. The second-order valence-corrected chi connectivity index (χ2v) is 6.00. The summed E-state index contributed by atoms with van der Waals surface area (Å²) in [5.41, 5.74) is 0.674. The second kappa shape index (κ2) is 5.74. The fourth-order valence-corrected chi connectivity index (χ4v) is 2.52.